The van der Waals surface area contributed by atoms with Gasteiger partial charge < -0.3 is 10.6 Å². The number of nitrogens with two attached hydrogens (primary N) is 1. The number of aryl methyl sites for hydroxylation is 1. The van der Waals surface area contributed by atoms with E-state index in [1.165, 1.54) is 4.31 Å². The van der Waals surface area contributed by atoms with Crippen LogP contribution in [0.3, 0.4) is 0 Å². The van der Waals surface area contributed by atoms with Gasteiger partial charge in [0.1, 0.15) is 6.04 Å². The van der Waals surface area contributed by atoms with Crippen LogP contribution in [0.5, 0.6) is 0 Å². The lowest BCUT2D eigenvalue weighted by molar-refractivity contribution is -0.132. The summed E-state index contributed by atoms with van der Waals surface area (Å²) in [6.45, 7) is 4.21. The molecule has 1 aromatic rings. The van der Waals surface area contributed by atoms with Crippen molar-refractivity contribution in [2.24, 2.45) is 5.73 Å². The van der Waals surface area contributed by atoms with Crippen LogP contribution in [-0.2, 0) is 14.8 Å². The first kappa shape index (κ1) is 16.9. The van der Waals surface area contributed by atoms with Crippen molar-refractivity contribution in [1.29, 1.82) is 0 Å². The first-order valence-corrected chi connectivity index (χ1v) is 8.78. The highest BCUT2D eigenvalue weighted by atomic mass is 32.2. The maximum atomic E-state index is 13.0. The van der Waals surface area contributed by atoms with Crippen LogP contribution in [0.25, 0.3) is 0 Å². The van der Waals surface area contributed by atoms with Gasteiger partial charge in [0.2, 0.25) is 15.9 Å². The summed E-state index contributed by atoms with van der Waals surface area (Å²) >= 11 is 0. The fraction of sp³-hybridized carbons (Fsp3) is 0.533. The zero-order valence-electron chi connectivity index (χ0n) is 13.2. The fourth-order valence-corrected chi connectivity index (χ4v) is 4.60. The van der Waals surface area contributed by atoms with Crippen LogP contribution in [0.2, 0.25) is 0 Å². The van der Waals surface area contributed by atoms with E-state index in [0.29, 0.717) is 13.0 Å². The Morgan fingerprint density at radius 3 is 2.41 bits per heavy atom. The minimum atomic E-state index is -3.76. The Bertz CT molecular complexity index is 643. The third kappa shape index (κ3) is 3.02. The van der Waals surface area contributed by atoms with Crippen molar-refractivity contribution in [2.75, 3.05) is 20.1 Å². The van der Waals surface area contributed by atoms with E-state index >= 15 is 0 Å². The SMILES string of the molecule is Cc1ccc(S(=O)(=O)N2C(CN)CCN(C)C(=O)C2C)cc1. The highest BCUT2D eigenvalue weighted by Crippen LogP contribution is 2.25. The lowest BCUT2D eigenvalue weighted by Crippen LogP contribution is -2.51. The van der Waals surface area contributed by atoms with Crippen LogP contribution in [0, 0.1) is 6.92 Å². The number of benzene rings is 1. The van der Waals surface area contributed by atoms with Gasteiger partial charge in [-0.15, -0.1) is 0 Å². The highest BCUT2D eigenvalue weighted by Gasteiger charge is 2.41. The van der Waals surface area contributed by atoms with Crippen LogP contribution >= 0.6 is 0 Å². The number of nitrogens with zero attached hydrogens (tertiary/aromatic N) is 2. The van der Waals surface area contributed by atoms with Crippen molar-refractivity contribution >= 4 is 15.9 Å². The topological polar surface area (TPSA) is 83.7 Å². The molecule has 0 aromatic heterocycles. The number of hydrogen-bond acceptors (Lipinski definition) is 4. The largest absolute Gasteiger partial charge is 0.344 e. The van der Waals surface area contributed by atoms with Gasteiger partial charge in [-0.2, -0.15) is 4.31 Å². The summed E-state index contributed by atoms with van der Waals surface area (Å²) in [7, 11) is -2.07. The Labute approximate surface area is 131 Å². The van der Waals surface area contributed by atoms with Crippen LogP contribution in [0.1, 0.15) is 18.9 Å². The van der Waals surface area contributed by atoms with Crippen LogP contribution < -0.4 is 5.73 Å². The second-order valence-corrected chi connectivity index (χ2v) is 7.61. The normalized spacial score (nSPS) is 24.4. The number of rotatable bonds is 3. The summed E-state index contributed by atoms with van der Waals surface area (Å²) in [6, 6.07) is 5.51. The molecule has 7 heteroatoms. The van der Waals surface area contributed by atoms with E-state index in [1.54, 1.807) is 43.1 Å². The molecule has 0 bridgehead atoms. The minimum Gasteiger partial charge on any atom is -0.344 e. The summed E-state index contributed by atoms with van der Waals surface area (Å²) in [5.74, 6) is -0.202. The molecule has 0 aliphatic carbocycles. The molecule has 2 unspecified atom stereocenters. The van der Waals surface area contributed by atoms with Crippen molar-refractivity contribution in [3.63, 3.8) is 0 Å². The van der Waals surface area contributed by atoms with E-state index in [2.05, 4.69) is 0 Å². The number of carbonyl (C=O) groups is 1. The zero-order chi connectivity index (χ0) is 16.5. The maximum absolute atomic E-state index is 13.0. The lowest BCUT2D eigenvalue weighted by atomic mass is 10.2. The van der Waals surface area contributed by atoms with E-state index in [-0.39, 0.29) is 23.4 Å². The predicted octanol–water partition coefficient (Wildman–Crippen LogP) is 0.564. The van der Waals surface area contributed by atoms with Gasteiger partial charge in [0.15, 0.2) is 0 Å². The number of hydrogen-bond donors (Lipinski definition) is 1. The van der Waals surface area contributed by atoms with Crippen molar-refractivity contribution < 1.29 is 13.2 Å². The van der Waals surface area contributed by atoms with Gasteiger partial charge in [0, 0.05) is 26.2 Å². The smallest absolute Gasteiger partial charge is 0.244 e. The standard InChI is InChI=1S/C15H23N3O3S/c1-11-4-6-14(7-5-11)22(20,21)18-12(2)15(19)17(3)9-8-13(18)10-16/h4-7,12-13H,8-10,16H2,1-3H3. The molecule has 2 atom stereocenters. The molecular weight excluding hydrogens is 302 g/mol. The summed E-state index contributed by atoms with van der Waals surface area (Å²) in [6.07, 6.45) is 0.536. The average Bonchev–Trinajstić information content (AvgIpc) is 2.59. The molecule has 1 aromatic carbocycles. The molecule has 0 spiro atoms. The molecule has 122 valence electrons. The van der Waals surface area contributed by atoms with Crippen molar-refractivity contribution in [1.82, 2.24) is 9.21 Å². The highest BCUT2D eigenvalue weighted by molar-refractivity contribution is 7.89. The van der Waals surface area contributed by atoms with E-state index in [1.807, 2.05) is 6.92 Å². The van der Waals surface area contributed by atoms with Gasteiger partial charge in [-0.05, 0) is 32.4 Å². The molecule has 1 amide bonds. The number of likely N-dealkylation sites (N-methyl/N-ethyl adjacent to an activating group) is 1. The Morgan fingerprint density at radius 2 is 1.86 bits per heavy atom. The molecule has 22 heavy (non-hydrogen) atoms. The van der Waals surface area contributed by atoms with E-state index < -0.39 is 16.1 Å². The molecule has 2 rings (SSSR count). The third-order valence-electron chi connectivity index (χ3n) is 4.14. The molecule has 1 fully saturated rings. The van der Waals surface area contributed by atoms with Gasteiger partial charge >= 0.3 is 0 Å². The summed E-state index contributed by atoms with van der Waals surface area (Å²) in [5.41, 5.74) is 6.76. The predicted molar refractivity (Wildman–Crippen MR) is 84.8 cm³/mol. The van der Waals surface area contributed by atoms with Gasteiger partial charge in [0.25, 0.3) is 0 Å². The van der Waals surface area contributed by atoms with Crippen molar-refractivity contribution in [2.45, 2.75) is 37.2 Å². The lowest BCUT2D eigenvalue weighted by Gasteiger charge is -2.31. The fourth-order valence-electron chi connectivity index (χ4n) is 2.78. The zero-order valence-corrected chi connectivity index (χ0v) is 14.0. The molecule has 1 saturated heterocycles. The molecule has 0 saturated carbocycles. The van der Waals surface area contributed by atoms with Gasteiger partial charge in [-0.3, -0.25) is 4.79 Å². The Balaban J connectivity index is 2.48. The average molecular weight is 325 g/mol. The molecule has 2 N–H and O–H groups in total. The number of sulfonamides is 1. The molecular formula is C15H23N3O3S. The Kier molecular flexibility index (Phi) is 4.89. The first-order chi connectivity index (χ1) is 10.3. The number of carbonyl (C=O) groups excluding carboxylic acids is 1. The van der Waals surface area contributed by atoms with Gasteiger partial charge in [0.05, 0.1) is 4.90 Å². The quantitative estimate of drug-likeness (QED) is 0.880. The van der Waals surface area contributed by atoms with E-state index in [9.17, 15) is 13.2 Å². The van der Waals surface area contributed by atoms with Crippen molar-refractivity contribution in [3.05, 3.63) is 29.8 Å². The van der Waals surface area contributed by atoms with Crippen LogP contribution in [-0.4, -0.2) is 55.8 Å². The van der Waals surface area contributed by atoms with Crippen molar-refractivity contribution in [3.8, 4) is 0 Å². The van der Waals surface area contributed by atoms with Gasteiger partial charge in [-0.1, -0.05) is 17.7 Å². The molecule has 6 nitrogen and oxygen atoms in total. The summed E-state index contributed by atoms with van der Waals surface area (Å²) in [5, 5.41) is 0. The third-order valence-corrected chi connectivity index (χ3v) is 6.18. The van der Waals surface area contributed by atoms with Crippen LogP contribution in [0.15, 0.2) is 29.2 Å². The maximum Gasteiger partial charge on any atom is 0.244 e. The first-order valence-electron chi connectivity index (χ1n) is 7.34. The molecule has 1 heterocycles. The minimum absolute atomic E-state index is 0.191. The van der Waals surface area contributed by atoms with Crippen LogP contribution in [0.4, 0.5) is 0 Å². The Hall–Kier alpha value is -1.44. The molecule has 1 aliphatic rings. The molecule has 1 aliphatic heterocycles. The van der Waals surface area contributed by atoms with E-state index in [4.69, 9.17) is 5.73 Å². The second kappa shape index (κ2) is 6.36. The van der Waals surface area contributed by atoms with E-state index in [0.717, 1.165) is 5.56 Å². The van der Waals surface area contributed by atoms with Gasteiger partial charge in [-0.25, -0.2) is 8.42 Å². The Morgan fingerprint density at radius 1 is 1.27 bits per heavy atom. The second-order valence-electron chi connectivity index (χ2n) is 5.76. The summed E-state index contributed by atoms with van der Waals surface area (Å²) < 4.78 is 27.2. The number of amides is 1. The summed E-state index contributed by atoms with van der Waals surface area (Å²) in [4.78, 5) is 14.1. The molecule has 0 radical (unpaired) electrons. The monoisotopic (exact) mass is 325 g/mol.